The van der Waals surface area contributed by atoms with Gasteiger partial charge in [-0.15, -0.1) is 11.3 Å². The van der Waals surface area contributed by atoms with Gasteiger partial charge >= 0.3 is 0 Å². The van der Waals surface area contributed by atoms with Gasteiger partial charge in [-0.1, -0.05) is 23.8 Å². The Morgan fingerprint density at radius 1 is 1.37 bits per heavy atom. The molecule has 2 nitrogen and oxygen atoms in total. The highest BCUT2D eigenvalue weighted by atomic mass is 32.1. The van der Waals surface area contributed by atoms with Gasteiger partial charge in [0.05, 0.1) is 5.54 Å². The molecule has 3 rings (SSSR count). The second-order valence-corrected chi connectivity index (χ2v) is 6.60. The maximum atomic E-state index is 4.61. The summed E-state index contributed by atoms with van der Waals surface area (Å²) in [5.41, 5.74) is 4.14. The van der Waals surface area contributed by atoms with E-state index in [9.17, 15) is 0 Å². The fourth-order valence-electron chi connectivity index (χ4n) is 3.12. The Labute approximate surface area is 118 Å². The zero-order valence-corrected chi connectivity index (χ0v) is 12.6. The van der Waals surface area contributed by atoms with Crippen molar-refractivity contribution in [3.05, 3.63) is 51.5 Å². The minimum atomic E-state index is -0.0797. The quantitative estimate of drug-likeness (QED) is 0.922. The van der Waals surface area contributed by atoms with Crippen LogP contribution < -0.4 is 5.32 Å². The second-order valence-electron chi connectivity index (χ2n) is 5.70. The molecule has 0 radical (unpaired) electrons. The smallest absolute Gasteiger partial charge is 0.117 e. The molecule has 0 bridgehead atoms. The molecule has 1 heterocycles. The average molecular weight is 272 g/mol. The van der Waals surface area contributed by atoms with Crippen LogP contribution in [0.1, 0.15) is 42.0 Å². The number of benzene rings is 1. The first-order chi connectivity index (χ1) is 9.12. The highest BCUT2D eigenvalue weighted by molar-refractivity contribution is 7.09. The monoisotopic (exact) mass is 272 g/mol. The highest BCUT2D eigenvalue weighted by Gasteiger charge is 2.42. The molecule has 1 N–H and O–H groups in total. The third-order valence-electron chi connectivity index (χ3n) is 3.83. The largest absolute Gasteiger partial charge is 0.299 e. The van der Waals surface area contributed by atoms with Crippen LogP contribution in [0, 0.1) is 6.92 Å². The summed E-state index contributed by atoms with van der Waals surface area (Å²) in [6.07, 6.45) is 4.16. The Kier molecular flexibility index (Phi) is 3.19. The predicted molar refractivity (Wildman–Crippen MR) is 80.7 cm³/mol. The van der Waals surface area contributed by atoms with Gasteiger partial charge in [-0.05, 0) is 44.7 Å². The Bertz CT molecular complexity index is 574. The number of fused-ring (bicyclic) bond motifs is 1. The van der Waals surface area contributed by atoms with Gasteiger partial charge in [0.25, 0.3) is 0 Å². The van der Waals surface area contributed by atoms with Crippen molar-refractivity contribution in [2.24, 2.45) is 0 Å². The molecule has 100 valence electrons. The number of aryl methyl sites for hydroxylation is 2. The van der Waals surface area contributed by atoms with Crippen molar-refractivity contribution in [3.63, 3.8) is 0 Å². The summed E-state index contributed by atoms with van der Waals surface area (Å²) in [7, 11) is 0. The first-order valence-corrected chi connectivity index (χ1v) is 7.77. The van der Waals surface area contributed by atoms with Gasteiger partial charge in [-0.2, -0.15) is 0 Å². The molecule has 19 heavy (non-hydrogen) atoms. The lowest BCUT2D eigenvalue weighted by atomic mass is 9.90. The summed E-state index contributed by atoms with van der Waals surface area (Å²) < 4.78 is 0. The van der Waals surface area contributed by atoms with Gasteiger partial charge in [-0.3, -0.25) is 5.32 Å². The third-order valence-corrected chi connectivity index (χ3v) is 4.76. The number of thiazole rings is 1. The zero-order valence-electron chi connectivity index (χ0n) is 11.7. The predicted octanol–water partition coefficient (Wildman–Crippen LogP) is 3.64. The molecule has 0 amide bonds. The van der Waals surface area contributed by atoms with Crippen molar-refractivity contribution in [2.75, 3.05) is 0 Å². The summed E-state index contributed by atoms with van der Waals surface area (Å²) in [6, 6.07) is 7.27. The van der Waals surface area contributed by atoms with Crippen LogP contribution in [-0.4, -0.2) is 11.0 Å². The Morgan fingerprint density at radius 2 is 2.21 bits per heavy atom. The lowest BCUT2D eigenvalue weighted by Gasteiger charge is -2.32. The number of nitrogens with zero attached hydrogens (tertiary/aromatic N) is 1. The number of aromatic nitrogens is 1. The van der Waals surface area contributed by atoms with Gasteiger partial charge in [0.2, 0.25) is 0 Å². The van der Waals surface area contributed by atoms with Crippen LogP contribution in [0.4, 0.5) is 0 Å². The van der Waals surface area contributed by atoms with Gasteiger partial charge in [0.15, 0.2) is 0 Å². The van der Waals surface area contributed by atoms with Gasteiger partial charge in [-0.25, -0.2) is 4.98 Å². The topological polar surface area (TPSA) is 24.9 Å². The maximum Gasteiger partial charge on any atom is 0.117 e. The van der Waals surface area contributed by atoms with Crippen molar-refractivity contribution < 1.29 is 0 Å². The van der Waals surface area contributed by atoms with Crippen LogP contribution >= 0.6 is 11.3 Å². The molecule has 1 unspecified atom stereocenters. The molecule has 0 fully saturated rings. The van der Waals surface area contributed by atoms with Crippen LogP contribution in [0.2, 0.25) is 0 Å². The molecular formula is C16H20N2S. The minimum absolute atomic E-state index is 0.0797. The van der Waals surface area contributed by atoms with E-state index in [-0.39, 0.29) is 5.54 Å². The second kappa shape index (κ2) is 4.73. The van der Waals surface area contributed by atoms with Crippen LogP contribution in [0.25, 0.3) is 0 Å². The molecule has 2 aromatic rings. The van der Waals surface area contributed by atoms with Crippen LogP contribution in [-0.2, 0) is 12.0 Å². The highest BCUT2D eigenvalue weighted by Crippen LogP contribution is 2.43. The van der Waals surface area contributed by atoms with E-state index >= 15 is 0 Å². The van der Waals surface area contributed by atoms with Crippen LogP contribution in [0.3, 0.4) is 0 Å². The summed E-state index contributed by atoms with van der Waals surface area (Å²) in [5.74, 6) is 0. The van der Waals surface area contributed by atoms with Gasteiger partial charge in [0.1, 0.15) is 5.01 Å². The molecule has 1 atom stereocenters. The Hall–Kier alpha value is -1.19. The molecule has 1 aliphatic rings. The number of nitrogens with one attached hydrogen (secondary N) is 1. The third kappa shape index (κ3) is 2.11. The van der Waals surface area contributed by atoms with E-state index in [4.69, 9.17) is 0 Å². The lowest BCUT2D eigenvalue weighted by Crippen LogP contribution is -2.45. The fraction of sp³-hybridized carbons (Fsp3) is 0.438. The summed E-state index contributed by atoms with van der Waals surface area (Å²) in [5, 5.41) is 7.06. The number of hydrogen-bond acceptors (Lipinski definition) is 3. The Balaban J connectivity index is 2.16. The van der Waals surface area contributed by atoms with E-state index in [0.29, 0.717) is 6.04 Å². The molecule has 0 saturated carbocycles. The molecule has 1 aromatic heterocycles. The van der Waals surface area contributed by atoms with Crippen molar-refractivity contribution in [1.29, 1.82) is 0 Å². The normalized spacial score (nSPS) is 21.9. The van der Waals surface area contributed by atoms with E-state index in [2.05, 4.69) is 54.7 Å². The Morgan fingerprint density at radius 3 is 2.89 bits per heavy atom. The van der Waals surface area contributed by atoms with Gasteiger partial charge < -0.3 is 0 Å². The van der Waals surface area contributed by atoms with E-state index in [1.165, 1.54) is 21.7 Å². The molecule has 0 aliphatic heterocycles. The number of hydrogen-bond donors (Lipinski definition) is 1. The summed E-state index contributed by atoms with van der Waals surface area (Å²) in [6.45, 7) is 6.59. The molecule has 3 heteroatoms. The standard InChI is InChI=1S/C16H20N2S/c1-11(2)18-16(15-17-8-9-19-15)7-6-13-5-4-12(3)10-14(13)16/h4-5,8-11,18H,6-7H2,1-3H3. The molecule has 1 aliphatic carbocycles. The fourth-order valence-corrected chi connectivity index (χ4v) is 3.97. The number of rotatable bonds is 3. The van der Waals surface area contributed by atoms with Gasteiger partial charge in [0, 0.05) is 17.6 Å². The van der Waals surface area contributed by atoms with Crippen molar-refractivity contribution in [1.82, 2.24) is 10.3 Å². The van der Waals surface area contributed by atoms with Crippen LogP contribution in [0.5, 0.6) is 0 Å². The maximum absolute atomic E-state index is 4.61. The van der Waals surface area contributed by atoms with E-state index in [0.717, 1.165) is 12.8 Å². The first kappa shape index (κ1) is 12.8. The van der Waals surface area contributed by atoms with E-state index < -0.39 is 0 Å². The SMILES string of the molecule is Cc1ccc2c(c1)C(NC(C)C)(c1nccs1)CC2. The van der Waals surface area contributed by atoms with E-state index in [1.54, 1.807) is 11.3 Å². The molecular weight excluding hydrogens is 252 g/mol. The minimum Gasteiger partial charge on any atom is -0.299 e. The molecule has 0 spiro atoms. The average Bonchev–Trinajstić information content (AvgIpc) is 2.98. The molecule has 0 saturated heterocycles. The van der Waals surface area contributed by atoms with Crippen molar-refractivity contribution in [3.8, 4) is 0 Å². The molecule has 1 aromatic carbocycles. The first-order valence-electron chi connectivity index (χ1n) is 6.89. The van der Waals surface area contributed by atoms with Crippen molar-refractivity contribution in [2.45, 2.75) is 45.2 Å². The summed E-state index contributed by atoms with van der Waals surface area (Å²) in [4.78, 5) is 4.61. The van der Waals surface area contributed by atoms with E-state index in [1.807, 2.05) is 6.20 Å². The lowest BCUT2D eigenvalue weighted by molar-refractivity contribution is 0.361. The van der Waals surface area contributed by atoms with Crippen molar-refractivity contribution >= 4 is 11.3 Å². The summed E-state index contributed by atoms with van der Waals surface area (Å²) >= 11 is 1.76. The zero-order chi connectivity index (χ0) is 13.5. The van der Waals surface area contributed by atoms with Crippen LogP contribution in [0.15, 0.2) is 29.8 Å².